The van der Waals surface area contributed by atoms with Crippen molar-refractivity contribution in [2.75, 3.05) is 13.1 Å². The van der Waals surface area contributed by atoms with Crippen LogP contribution in [0.1, 0.15) is 12.8 Å². The first kappa shape index (κ1) is 17.6. The van der Waals surface area contributed by atoms with Crippen molar-refractivity contribution < 1.29 is 13.5 Å². The van der Waals surface area contributed by atoms with Crippen LogP contribution < -0.4 is 10.1 Å². The molecule has 2 heterocycles. The molecule has 1 fully saturated rings. The van der Waals surface area contributed by atoms with Crippen molar-refractivity contribution in [1.29, 1.82) is 0 Å². The van der Waals surface area contributed by atoms with E-state index in [0.29, 0.717) is 11.6 Å². The van der Waals surface area contributed by atoms with Crippen molar-refractivity contribution in [3.63, 3.8) is 0 Å². The molecule has 1 aliphatic heterocycles. The number of rotatable bonds is 3. The smallest absolute Gasteiger partial charge is 0.241 e. The molecule has 1 N–H and O–H groups in total. The van der Waals surface area contributed by atoms with Crippen molar-refractivity contribution in [3.05, 3.63) is 54.1 Å². The standard InChI is InChI=1S/C18H17F2N3O.ClH/c19-15-6-5-12(11-16(15)20)23-17-4-2-1-3-14(17)18(22-23)24-13-7-9-21-10-8-13;/h1-6,11,13,21H,7-10H2;1H. The highest BCUT2D eigenvalue weighted by molar-refractivity contribution is 5.86. The number of hydrogen-bond donors (Lipinski definition) is 1. The molecule has 0 radical (unpaired) electrons. The number of piperidine rings is 1. The summed E-state index contributed by atoms with van der Waals surface area (Å²) in [7, 11) is 0. The molecule has 0 spiro atoms. The third-order valence-electron chi connectivity index (χ3n) is 4.27. The van der Waals surface area contributed by atoms with E-state index in [1.165, 1.54) is 6.07 Å². The summed E-state index contributed by atoms with van der Waals surface area (Å²) >= 11 is 0. The third kappa shape index (κ3) is 3.45. The molecule has 0 saturated carbocycles. The predicted octanol–water partition coefficient (Wildman–Crippen LogP) is 3.86. The number of halogens is 3. The summed E-state index contributed by atoms with van der Waals surface area (Å²) in [5, 5.41) is 8.67. The average molecular weight is 366 g/mol. The van der Waals surface area contributed by atoms with Crippen molar-refractivity contribution in [2.24, 2.45) is 0 Å². The molecule has 25 heavy (non-hydrogen) atoms. The maximum atomic E-state index is 13.6. The SMILES string of the molecule is Cl.Fc1ccc(-n2nc(OC3CCNCC3)c3ccccc32)cc1F. The predicted molar refractivity (Wildman–Crippen MR) is 94.8 cm³/mol. The molecule has 0 bridgehead atoms. The van der Waals surface area contributed by atoms with Gasteiger partial charge in [0, 0.05) is 6.07 Å². The van der Waals surface area contributed by atoms with Crippen molar-refractivity contribution in [3.8, 4) is 11.6 Å². The number of ether oxygens (including phenoxy) is 1. The van der Waals surface area contributed by atoms with Gasteiger partial charge >= 0.3 is 0 Å². The Morgan fingerprint density at radius 2 is 1.80 bits per heavy atom. The lowest BCUT2D eigenvalue weighted by atomic mass is 10.1. The van der Waals surface area contributed by atoms with E-state index in [1.807, 2.05) is 24.3 Å². The van der Waals surface area contributed by atoms with E-state index in [9.17, 15) is 8.78 Å². The molecule has 4 nitrogen and oxygen atoms in total. The zero-order chi connectivity index (χ0) is 16.5. The van der Waals surface area contributed by atoms with Gasteiger partial charge in [0.05, 0.1) is 16.6 Å². The van der Waals surface area contributed by atoms with E-state index < -0.39 is 11.6 Å². The Morgan fingerprint density at radius 3 is 2.56 bits per heavy atom. The quantitative estimate of drug-likeness (QED) is 0.766. The minimum Gasteiger partial charge on any atom is -0.473 e. The van der Waals surface area contributed by atoms with Crippen LogP contribution >= 0.6 is 12.4 Å². The molecule has 1 aromatic heterocycles. The van der Waals surface area contributed by atoms with E-state index in [-0.39, 0.29) is 18.5 Å². The number of para-hydroxylation sites is 1. The number of nitrogens with one attached hydrogen (secondary N) is 1. The van der Waals surface area contributed by atoms with Crippen molar-refractivity contribution in [2.45, 2.75) is 18.9 Å². The molecule has 3 aromatic rings. The van der Waals surface area contributed by atoms with E-state index in [2.05, 4.69) is 10.4 Å². The van der Waals surface area contributed by atoms with Gasteiger partial charge in [-0.15, -0.1) is 17.5 Å². The van der Waals surface area contributed by atoms with Gasteiger partial charge in [0.25, 0.3) is 0 Å². The first-order valence-electron chi connectivity index (χ1n) is 8.03. The first-order valence-corrected chi connectivity index (χ1v) is 8.03. The van der Waals surface area contributed by atoms with E-state index in [0.717, 1.165) is 49.0 Å². The highest BCUT2D eigenvalue weighted by atomic mass is 35.5. The first-order chi connectivity index (χ1) is 11.7. The molecular formula is C18H18ClF2N3O. The van der Waals surface area contributed by atoms with Crippen LogP contribution in [-0.2, 0) is 0 Å². The number of nitrogens with zero attached hydrogens (tertiary/aromatic N) is 2. The summed E-state index contributed by atoms with van der Waals surface area (Å²) in [5.41, 5.74) is 1.26. The summed E-state index contributed by atoms with van der Waals surface area (Å²) in [6, 6.07) is 11.4. The molecule has 7 heteroatoms. The highest BCUT2D eigenvalue weighted by Crippen LogP contribution is 2.29. The number of fused-ring (bicyclic) bond motifs is 1. The lowest BCUT2D eigenvalue weighted by molar-refractivity contribution is 0.157. The normalized spacial score (nSPS) is 15.1. The van der Waals surface area contributed by atoms with Gasteiger partial charge in [0.1, 0.15) is 6.10 Å². The maximum Gasteiger partial charge on any atom is 0.241 e. The minimum atomic E-state index is -0.895. The maximum absolute atomic E-state index is 13.6. The van der Waals surface area contributed by atoms with Gasteiger partial charge in [0.15, 0.2) is 11.6 Å². The monoisotopic (exact) mass is 365 g/mol. The largest absolute Gasteiger partial charge is 0.473 e. The summed E-state index contributed by atoms with van der Waals surface area (Å²) in [4.78, 5) is 0. The molecule has 0 aliphatic carbocycles. The Balaban J connectivity index is 0.00000182. The van der Waals surface area contributed by atoms with E-state index in [4.69, 9.17) is 4.74 Å². The Labute approximate surface area is 150 Å². The lowest BCUT2D eigenvalue weighted by Gasteiger charge is -2.22. The van der Waals surface area contributed by atoms with Crippen LogP contribution in [-0.4, -0.2) is 29.0 Å². The molecule has 2 aromatic carbocycles. The summed E-state index contributed by atoms with van der Waals surface area (Å²) in [5.74, 6) is -1.24. The molecule has 0 amide bonds. The van der Waals surface area contributed by atoms with Crippen LogP contribution in [0.5, 0.6) is 5.88 Å². The van der Waals surface area contributed by atoms with Crippen LogP contribution in [0.2, 0.25) is 0 Å². The summed E-state index contributed by atoms with van der Waals surface area (Å²) < 4.78 is 34.5. The fraction of sp³-hybridized carbons (Fsp3) is 0.278. The van der Waals surface area contributed by atoms with Crippen LogP contribution in [0.4, 0.5) is 8.78 Å². The Kier molecular flexibility index (Phi) is 5.20. The van der Waals surface area contributed by atoms with Crippen molar-refractivity contribution in [1.82, 2.24) is 15.1 Å². The zero-order valence-electron chi connectivity index (χ0n) is 13.4. The van der Waals surface area contributed by atoms with Gasteiger partial charge in [-0.1, -0.05) is 12.1 Å². The highest BCUT2D eigenvalue weighted by Gasteiger charge is 2.19. The Morgan fingerprint density at radius 1 is 1.04 bits per heavy atom. The van der Waals surface area contributed by atoms with E-state index in [1.54, 1.807) is 4.68 Å². The van der Waals surface area contributed by atoms with Crippen LogP contribution in [0.15, 0.2) is 42.5 Å². The van der Waals surface area contributed by atoms with Gasteiger partial charge in [-0.25, -0.2) is 13.5 Å². The number of aromatic nitrogens is 2. The van der Waals surface area contributed by atoms with Crippen LogP contribution in [0.3, 0.4) is 0 Å². The second kappa shape index (κ2) is 7.37. The zero-order valence-corrected chi connectivity index (χ0v) is 14.2. The van der Waals surface area contributed by atoms with E-state index >= 15 is 0 Å². The average Bonchev–Trinajstić information content (AvgIpc) is 2.97. The fourth-order valence-electron chi connectivity index (χ4n) is 3.01. The number of benzene rings is 2. The second-order valence-corrected chi connectivity index (χ2v) is 5.90. The molecular weight excluding hydrogens is 348 g/mol. The summed E-state index contributed by atoms with van der Waals surface area (Å²) in [6.45, 7) is 1.85. The molecule has 0 atom stereocenters. The minimum absolute atomic E-state index is 0. The van der Waals surface area contributed by atoms with Gasteiger partial charge in [-0.3, -0.25) is 0 Å². The molecule has 4 rings (SSSR count). The Hall–Kier alpha value is -2.18. The van der Waals surface area contributed by atoms with Gasteiger partial charge in [-0.2, -0.15) is 0 Å². The molecule has 1 saturated heterocycles. The van der Waals surface area contributed by atoms with Gasteiger partial charge < -0.3 is 10.1 Å². The van der Waals surface area contributed by atoms with Gasteiger partial charge in [-0.05, 0) is 50.2 Å². The Bertz CT molecular complexity index is 878. The van der Waals surface area contributed by atoms with Gasteiger partial charge in [0.2, 0.25) is 5.88 Å². The lowest BCUT2D eigenvalue weighted by Crippen LogP contribution is -2.34. The second-order valence-electron chi connectivity index (χ2n) is 5.90. The van der Waals surface area contributed by atoms with Crippen LogP contribution in [0, 0.1) is 11.6 Å². The molecule has 132 valence electrons. The topological polar surface area (TPSA) is 39.1 Å². The van der Waals surface area contributed by atoms with Crippen LogP contribution in [0.25, 0.3) is 16.6 Å². The number of hydrogen-bond acceptors (Lipinski definition) is 3. The molecule has 1 aliphatic rings. The third-order valence-corrected chi connectivity index (χ3v) is 4.27. The fourth-order valence-corrected chi connectivity index (χ4v) is 3.01. The van der Waals surface area contributed by atoms with Crippen molar-refractivity contribution >= 4 is 23.3 Å². The summed E-state index contributed by atoms with van der Waals surface area (Å²) in [6.07, 6.45) is 1.96. The molecule has 0 unspecified atom stereocenters.